The van der Waals surface area contributed by atoms with Crippen molar-refractivity contribution in [2.75, 3.05) is 6.54 Å². The molecule has 0 saturated carbocycles. The summed E-state index contributed by atoms with van der Waals surface area (Å²) in [5.74, 6) is 0. The molecule has 4 nitrogen and oxygen atoms in total. The van der Waals surface area contributed by atoms with E-state index in [0.717, 1.165) is 11.3 Å². The van der Waals surface area contributed by atoms with Crippen LogP contribution in [0.1, 0.15) is 11.3 Å². The van der Waals surface area contributed by atoms with E-state index in [9.17, 15) is 8.42 Å². The molecule has 0 atom stereocenters. The van der Waals surface area contributed by atoms with Crippen LogP contribution in [-0.2, 0) is 23.0 Å². The Kier molecular flexibility index (Phi) is 3.62. The highest BCUT2D eigenvalue weighted by atomic mass is 79.9. The predicted molar refractivity (Wildman–Crippen MR) is 79.7 cm³/mol. The van der Waals surface area contributed by atoms with Crippen LogP contribution in [0.4, 0.5) is 0 Å². The van der Waals surface area contributed by atoms with Gasteiger partial charge in [-0.3, -0.25) is 4.98 Å². The summed E-state index contributed by atoms with van der Waals surface area (Å²) < 4.78 is 27.5. The average molecular weight is 353 g/mol. The van der Waals surface area contributed by atoms with Crippen LogP contribution >= 0.6 is 15.9 Å². The molecule has 104 valence electrons. The van der Waals surface area contributed by atoms with Gasteiger partial charge in [-0.1, -0.05) is 18.2 Å². The Bertz CT molecular complexity index is 746. The molecule has 0 unspecified atom stereocenters. The van der Waals surface area contributed by atoms with E-state index in [-0.39, 0.29) is 0 Å². The summed E-state index contributed by atoms with van der Waals surface area (Å²) in [6.07, 6.45) is 2.40. The molecule has 1 aliphatic heterocycles. The van der Waals surface area contributed by atoms with Crippen LogP contribution in [0.15, 0.2) is 52.0 Å². The van der Waals surface area contributed by atoms with E-state index in [1.54, 1.807) is 30.5 Å². The van der Waals surface area contributed by atoms with E-state index in [1.165, 1.54) is 4.31 Å². The number of sulfonamides is 1. The lowest BCUT2D eigenvalue weighted by Gasteiger charge is -2.27. The van der Waals surface area contributed by atoms with Gasteiger partial charge < -0.3 is 0 Å². The third-order valence-corrected chi connectivity index (χ3v) is 6.24. The van der Waals surface area contributed by atoms with Gasteiger partial charge >= 0.3 is 0 Å². The zero-order chi connectivity index (χ0) is 14.2. The number of rotatable bonds is 2. The lowest BCUT2D eigenvalue weighted by Crippen LogP contribution is -2.36. The minimum Gasteiger partial charge on any atom is -0.261 e. The van der Waals surface area contributed by atoms with Crippen LogP contribution in [0.5, 0.6) is 0 Å². The highest BCUT2D eigenvalue weighted by Gasteiger charge is 2.29. The first kappa shape index (κ1) is 13.7. The summed E-state index contributed by atoms with van der Waals surface area (Å²) >= 11 is 3.31. The van der Waals surface area contributed by atoms with Gasteiger partial charge in [0.2, 0.25) is 10.0 Å². The summed E-state index contributed by atoms with van der Waals surface area (Å²) in [5, 5.41) is 0. The average Bonchev–Trinajstić information content (AvgIpc) is 2.47. The van der Waals surface area contributed by atoms with E-state index in [1.807, 2.05) is 12.1 Å². The van der Waals surface area contributed by atoms with Crippen molar-refractivity contribution in [3.63, 3.8) is 0 Å². The smallest absolute Gasteiger partial charge is 0.244 e. The van der Waals surface area contributed by atoms with E-state index < -0.39 is 10.0 Å². The Labute approximate surface area is 126 Å². The fraction of sp³-hybridized carbons (Fsp3) is 0.214. The maximum Gasteiger partial charge on any atom is 0.244 e. The van der Waals surface area contributed by atoms with Crippen molar-refractivity contribution in [2.45, 2.75) is 17.9 Å². The third-order valence-electron chi connectivity index (χ3n) is 3.38. The number of benzene rings is 1. The van der Waals surface area contributed by atoms with Gasteiger partial charge in [-0.05, 0) is 39.7 Å². The lowest BCUT2D eigenvalue weighted by molar-refractivity contribution is 0.387. The molecule has 0 fully saturated rings. The zero-order valence-electron chi connectivity index (χ0n) is 10.7. The Hall–Kier alpha value is -1.24. The largest absolute Gasteiger partial charge is 0.261 e. The van der Waals surface area contributed by atoms with Gasteiger partial charge in [-0.15, -0.1) is 0 Å². The molecule has 1 aliphatic rings. The molecule has 2 aromatic rings. The molecule has 0 spiro atoms. The topological polar surface area (TPSA) is 50.3 Å². The van der Waals surface area contributed by atoms with Crippen molar-refractivity contribution in [3.8, 4) is 0 Å². The van der Waals surface area contributed by atoms with Crippen molar-refractivity contribution in [2.24, 2.45) is 0 Å². The van der Waals surface area contributed by atoms with E-state index >= 15 is 0 Å². The van der Waals surface area contributed by atoms with Crippen molar-refractivity contribution in [1.29, 1.82) is 0 Å². The van der Waals surface area contributed by atoms with Gasteiger partial charge in [0.1, 0.15) is 0 Å². The molecule has 0 radical (unpaired) electrons. The Morgan fingerprint density at radius 2 is 1.95 bits per heavy atom. The molecule has 3 rings (SSSR count). The molecule has 1 aromatic heterocycles. The first-order chi connectivity index (χ1) is 9.59. The summed E-state index contributed by atoms with van der Waals surface area (Å²) in [6.45, 7) is 0.848. The van der Waals surface area contributed by atoms with Crippen molar-refractivity contribution in [3.05, 3.63) is 58.3 Å². The van der Waals surface area contributed by atoms with Crippen molar-refractivity contribution >= 4 is 26.0 Å². The quantitative estimate of drug-likeness (QED) is 0.834. The SMILES string of the molecule is O=S(=O)(c1ccccc1Br)N1CCc2ncccc2C1. The highest BCUT2D eigenvalue weighted by Crippen LogP contribution is 2.28. The molecule has 1 aromatic carbocycles. The van der Waals surface area contributed by atoms with Gasteiger partial charge in [0, 0.05) is 35.9 Å². The van der Waals surface area contributed by atoms with Crippen molar-refractivity contribution in [1.82, 2.24) is 9.29 Å². The number of hydrogen-bond donors (Lipinski definition) is 0. The van der Waals surface area contributed by atoms with Gasteiger partial charge in [0.05, 0.1) is 4.90 Å². The van der Waals surface area contributed by atoms with Crippen molar-refractivity contribution < 1.29 is 8.42 Å². The Morgan fingerprint density at radius 3 is 2.75 bits per heavy atom. The molecule has 0 bridgehead atoms. The number of pyridine rings is 1. The number of aromatic nitrogens is 1. The Balaban J connectivity index is 1.97. The molecule has 6 heteroatoms. The number of nitrogens with zero attached hydrogens (tertiary/aromatic N) is 2. The molecular weight excluding hydrogens is 340 g/mol. The van der Waals surface area contributed by atoms with Gasteiger partial charge in [-0.25, -0.2) is 8.42 Å². The molecule has 0 amide bonds. The standard InChI is InChI=1S/C14H13BrN2O2S/c15-12-5-1-2-6-14(12)20(18,19)17-9-7-13-11(10-17)4-3-8-16-13/h1-6,8H,7,9-10H2. The van der Waals surface area contributed by atoms with Crippen LogP contribution in [0.3, 0.4) is 0 Å². The normalized spacial score (nSPS) is 15.8. The second-order valence-electron chi connectivity index (χ2n) is 4.63. The maximum atomic E-state index is 12.7. The number of halogens is 1. The van der Waals surface area contributed by atoms with Gasteiger partial charge in [0.15, 0.2) is 0 Å². The lowest BCUT2D eigenvalue weighted by atomic mass is 10.1. The van der Waals surface area contributed by atoms with Crippen LogP contribution < -0.4 is 0 Å². The van der Waals surface area contributed by atoms with Crippen LogP contribution in [0, 0.1) is 0 Å². The van der Waals surface area contributed by atoms with Crippen LogP contribution in [0.2, 0.25) is 0 Å². The summed E-state index contributed by atoms with van der Waals surface area (Å²) in [4.78, 5) is 4.61. The Morgan fingerprint density at radius 1 is 1.15 bits per heavy atom. The van der Waals surface area contributed by atoms with E-state index in [2.05, 4.69) is 20.9 Å². The first-order valence-electron chi connectivity index (χ1n) is 6.26. The van der Waals surface area contributed by atoms with Gasteiger partial charge in [-0.2, -0.15) is 4.31 Å². The molecule has 0 aliphatic carbocycles. The fourth-order valence-electron chi connectivity index (χ4n) is 2.34. The molecule has 0 N–H and O–H groups in total. The second-order valence-corrected chi connectivity index (χ2v) is 7.39. The third kappa shape index (κ3) is 2.39. The minimum atomic E-state index is -3.48. The number of fused-ring (bicyclic) bond motifs is 1. The van der Waals surface area contributed by atoms with Gasteiger partial charge in [0.25, 0.3) is 0 Å². The molecule has 0 saturated heterocycles. The molecule has 20 heavy (non-hydrogen) atoms. The zero-order valence-corrected chi connectivity index (χ0v) is 13.1. The monoisotopic (exact) mass is 352 g/mol. The maximum absolute atomic E-state index is 12.7. The predicted octanol–water partition coefficient (Wildman–Crippen LogP) is 2.59. The van der Waals surface area contributed by atoms with Crippen LogP contribution in [0.25, 0.3) is 0 Å². The first-order valence-corrected chi connectivity index (χ1v) is 8.50. The van der Waals surface area contributed by atoms with Crippen LogP contribution in [-0.4, -0.2) is 24.3 Å². The fourth-order valence-corrected chi connectivity index (χ4v) is 4.72. The van der Waals surface area contributed by atoms with E-state index in [4.69, 9.17) is 0 Å². The van der Waals surface area contributed by atoms with E-state index in [0.29, 0.717) is 28.9 Å². The summed E-state index contributed by atoms with van der Waals surface area (Å²) in [6, 6.07) is 10.7. The molecule has 2 heterocycles. The summed E-state index contributed by atoms with van der Waals surface area (Å²) in [7, 11) is -3.48. The number of hydrogen-bond acceptors (Lipinski definition) is 3. The minimum absolute atomic E-state index is 0.312. The highest BCUT2D eigenvalue weighted by molar-refractivity contribution is 9.10. The summed E-state index contributed by atoms with van der Waals surface area (Å²) in [5.41, 5.74) is 1.97. The molecular formula is C14H13BrN2O2S. The second kappa shape index (κ2) is 5.27.